The number of fused-ring (bicyclic) bond motifs is 1. The van der Waals surface area contributed by atoms with Crippen molar-refractivity contribution < 1.29 is 4.79 Å². The fourth-order valence-electron chi connectivity index (χ4n) is 4.05. The van der Waals surface area contributed by atoms with Gasteiger partial charge >= 0.3 is 5.69 Å². The van der Waals surface area contributed by atoms with Gasteiger partial charge in [0.15, 0.2) is 0 Å². The molecule has 6 nitrogen and oxygen atoms in total. The molecule has 6 heteroatoms. The summed E-state index contributed by atoms with van der Waals surface area (Å²) in [5.74, 6) is 1.19. The van der Waals surface area contributed by atoms with Crippen LogP contribution in [0, 0.1) is 19.8 Å². The van der Waals surface area contributed by atoms with Crippen LogP contribution in [-0.2, 0) is 11.3 Å². The van der Waals surface area contributed by atoms with Crippen LogP contribution in [0.3, 0.4) is 0 Å². The summed E-state index contributed by atoms with van der Waals surface area (Å²) in [6, 6.07) is 13.5. The first-order chi connectivity index (χ1) is 14.4. The first-order valence-electron chi connectivity index (χ1n) is 10.5. The molecule has 0 radical (unpaired) electrons. The molecule has 4 rings (SSSR count). The van der Waals surface area contributed by atoms with Gasteiger partial charge in [0.1, 0.15) is 12.4 Å². The molecule has 1 aromatic heterocycles. The van der Waals surface area contributed by atoms with Gasteiger partial charge in [-0.3, -0.25) is 9.36 Å². The maximum absolute atomic E-state index is 12.9. The van der Waals surface area contributed by atoms with E-state index in [4.69, 9.17) is 0 Å². The number of nitrogens with one attached hydrogen (secondary N) is 1. The van der Waals surface area contributed by atoms with Gasteiger partial charge in [0.05, 0.1) is 5.52 Å². The van der Waals surface area contributed by atoms with E-state index in [1.807, 2.05) is 56.3 Å². The number of hydrogen-bond acceptors (Lipinski definition) is 4. The van der Waals surface area contributed by atoms with Gasteiger partial charge in [0.2, 0.25) is 5.91 Å². The van der Waals surface area contributed by atoms with Crippen LogP contribution < -0.4 is 15.9 Å². The van der Waals surface area contributed by atoms with E-state index < -0.39 is 5.69 Å². The highest BCUT2D eigenvalue weighted by Gasteiger charge is 2.21. The quantitative estimate of drug-likeness (QED) is 0.716. The van der Waals surface area contributed by atoms with Gasteiger partial charge in [-0.2, -0.15) is 4.98 Å². The average Bonchev–Trinajstić information content (AvgIpc) is 2.74. The van der Waals surface area contributed by atoms with Crippen LogP contribution in [0.1, 0.15) is 30.9 Å². The van der Waals surface area contributed by atoms with E-state index in [1.165, 1.54) is 4.57 Å². The summed E-state index contributed by atoms with van der Waals surface area (Å²) in [5, 5.41) is 3.85. The van der Waals surface area contributed by atoms with E-state index in [2.05, 4.69) is 22.1 Å². The van der Waals surface area contributed by atoms with Crippen molar-refractivity contribution in [2.45, 2.75) is 40.2 Å². The van der Waals surface area contributed by atoms with Gasteiger partial charge < -0.3 is 10.2 Å². The van der Waals surface area contributed by atoms with Gasteiger partial charge in [0.25, 0.3) is 0 Å². The minimum atomic E-state index is -0.390. The molecular weight excluding hydrogens is 376 g/mol. The summed E-state index contributed by atoms with van der Waals surface area (Å²) in [4.78, 5) is 32.3. The third-order valence-corrected chi connectivity index (χ3v) is 6.13. The lowest BCUT2D eigenvalue weighted by Gasteiger charge is -2.32. The van der Waals surface area contributed by atoms with Crippen LogP contribution in [-0.4, -0.2) is 28.5 Å². The Morgan fingerprint density at radius 3 is 2.60 bits per heavy atom. The fraction of sp³-hybridized carbons (Fsp3) is 0.375. The first kappa shape index (κ1) is 20.1. The molecule has 0 bridgehead atoms. The minimum absolute atomic E-state index is 0.0724. The van der Waals surface area contributed by atoms with E-state index in [9.17, 15) is 9.59 Å². The summed E-state index contributed by atoms with van der Waals surface area (Å²) < 4.78 is 1.46. The lowest BCUT2D eigenvalue weighted by atomic mass is 9.99. The molecule has 0 spiro atoms. The zero-order chi connectivity index (χ0) is 21.3. The Balaban J connectivity index is 1.66. The zero-order valence-electron chi connectivity index (χ0n) is 17.8. The summed E-state index contributed by atoms with van der Waals surface area (Å²) in [5.41, 5.74) is 3.25. The predicted molar refractivity (Wildman–Crippen MR) is 121 cm³/mol. The Morgan fingerprint density at radius 1 is 1.10 bits per heavy atom. The standard InChI is InChI=1S/C24H28N4O2/c1-16-11-13-27(14-12-16)23-19-8-4-5-10-21(19)28(24(30)26-23)15-22(29)25-20-9-6-7-17(2)18(20)3/h4-10,16H,11-15H2,1-3H3,(H,25,29). The van der Waals surface area contributed by atoms with E-state index in [0.29, 0.717) is 5.92 Å². The zero-order valence-corrected chi connectivity index (χ0v) is 17.8. The molecule has 1 N–H and O–H groups in total. The maximum atomic E-state index is 12.9. The number of carbonyl (C=O) groups excluding carboxylic acids is 1. The van der Waals surface area contributed by atoms with Gasteiger partial charge in [-0.05, 0) is 61.9 Å². The smallest absolute Gasteiger partial charge is 0.350 e. The molecule has 2 heterocycles. The predicted octanol–water partition coefficient (Wildman–Crippen LogP) is 3.89. The number of aryl methyl sites for hydroxylation is 1. The summed E-state index contributed by atoms with van der Waals surface area (Å²) in [6.45, 7) is 7.96. The molecule has 0 atom stereocenters. The molecule has 0 aliphatic carbocycles. The van der Waals surface area contributed by atoms with Crippen LogP contribution >= 0.6 is 0 Å². The average molecular weight is 405 g/mol. The van der Waals surface area contributed by atoms with Crippen molar-refractivity contribution in [1.82, 2.24) is 9.55 Å². The molecule has 2 aromatic carbocycles. The monoisotopic (exact) mass is 404 g/mol. The Morgan fingerprint density at radius 2 is 1.83 bits per heavy atom. The van der Waals surface area contributed by atoms with E-state index >= 15 is 0 Å². The van der Waals surface area contributed by atoms with Crippen molar-refractivity contribution in [2.75, 3.05) is 23.3 Å². The Kier molecular flexibility index (Phi) is 5.57. The molecule has 1 fully saturated rings. The largest absolute Gasteiger partial charge is 0.356 e. The van der Waals surface area contributed by atoms with Gasteiger partial charge in [-0.1, -0.05) is 31.2 Å². The molecule has 1 amide bonds. The van der Waals surface area contributed by atoms with Gasteiger partial charge in [-0.15, -0.1) is 0 Å². The van der Waals surface area contributed by atoms with Crippen LogP contribution in [0.15, 0.2) is 47.3 Å². The summed E-state index contributed by atoms with van der Waals surface area (Å²) in [7, 11) is 0. The lowest BCUT2D eigenvalue weighted by molar-refractivity contribution is -0.116. The van der Waals surface area contributed by atoms with E-state index in [1.54, 1.807) is 0 Å². The Hall–Kier alpha value is -3.15. The molecule has 30 heavy (non-hydrogen) atoms. The van der Waals surface area contributed by atoms with Crippen LogP contribution in [0.25, 0.3) is 10.9 Å². The minimum Gasteiger partial charge on any atom is -0.356 e. The second-order valence-electron chi connectivity index (χ2n) is 8.29. The summed E-state index contributed by atoms with van der Waals surface area (Å²) >= 11 is 0. The first-order valence-corrected chi connectivity index (χ1v) is 10.5. The molecule has 3 aromatic rings. The highest BCUT2D eigenvalue weighted by molar-refractivity contribution is 5.94. The van der Waals surface area contributed by atoms with Crippen molar-refractivity contribution >= 4 is 28.3 Å². The highest BCUT2D eigenvalue weighted by Crippen LogP contribution is 2.27. The third-order valence-electron chi connectivity index (χ3n) is 6.13. The second kappa shape index (κ2) is 8.30. The number of nitrogens with zero attached hydrogens (tertiary/aromatic N) is 3. The molecular formula is C24H28N4O2. The van der Waals surface area contributed by atoms with Gasteiger partial charge in [0, 0.05) is 24.2 Å². The highest BCUT2D eigenvalue weighted by atomic mass is 16.2. The fourth-order valence-corrected chi connectivity index (χ4v) is 4.05. The number of piperidine rings is 1. The van der Waals surface area contributed by atoms with Crippen LogP contribution in [0.5, 0.6) is 0 Å². The van der Waals surface area contributed by atoms with Crippen LogP contribution in [0.4, 0.5) is 11.5 Å². The number of hydrogen-bond donors (Lipinski definition) is 1. The van der Waals surface area contributed by atoms with Crippen molar-refractivity contribution in [3.8, 4) is 0 Å². The third kappa shape index (κ3) is 3.95. The lowest BCUT2D eigenvalue weighted by Crippen LogP contribution is -2.37. The van der Waals surface area contributed by atoms with Crippen LogP contribution in [0.2, 0.25) is 0 Å². The Bertz CT molecular complexity index is 1140. The van der Waals surface area contributed by atoms with Crippen molar-refractivity contribution in [3.05, 3.63) is 64.1 Å². The number of para-hydroxylation sites is 1. The van der Waals surface area contributed by atoms with E-state index in [0.717, 1.165) is 59.5 Å². The molecule has 156 valence electrons. The normalized spacial score (nSPS) is 14.8. The number of carbonyl (C=O) groups is 1. The molecule has 0 unspecified atom stereocenters. The second-order valence-corrected chi connectivity index (χ2v) is 8.29. The molecule has 1 saturated heterocycles. The number of amides is 1. The Labute approximate surface area is 176 Å². The topological polar surface area (TPSA) is 67.2 Å². The van der Waals surface area contributed by atoms with Crippen molar-refractivity contribution in [2.24, 2.45) is 5.92 Å². The van der Waals surface area contributed by atoms with Crippen molar-refractivity contribution in [1.29, 1.82) is 0 Å². The molecule has 1 aliphatic rings. The number of aromatic nitrogens is 2. The van der Waals surface area contributed by atoms with Gasteiger partial charge in [-0.25, -0.2) is 4.79 Å². The number of anilines is 2. The maximum Gasteiger partial charge on any atom is 0.350 e. The molecule has 0 saturated carbocycles. The number of benzene rings is 2. The summed E-state index contributed by atoms with van der Waals surface area (Å²) in [6.07, 6.45) is 2.19. The molecule has 1 aliphatic heterocycles. The number of rotatable bonds is 4. The van der Waals surface area contributed by atoms with E-state index in [-0.39, 0.29) is 12.5 Å². The van der Waals surface area contributed by atoms with Crippen molar-refractivity contribution in [3.63, 3.8) is 0 Å². The SMILES string of the molecule is Cc1cccc(NC(=O)Cn2c(=O)nc(N3CCC(C)CC3)c3ccccc32)c1C.